The molecule has 2 aromatic rings. The molecule has 0 saturated carbocycles. The number of hydrogen-bond donors (Lipinski definition) is 1. The van der Waals surface area contributed by atoms with E-state index in [9.17, 15) is 4.79 Å². The molecule has 0 aliphatic carbocycles. The van der Waals surface area contributed by atoms with Crippen molar-refractivity contribution in [1.82, 2.24) is 4.90 Å². The van der Waals surface area contributed by atoms with Gasteiger partial charge in [0.1, 0.15) is 0 Å². The third kappa shape index (κ3) is 3.61. The quantitative estimate of drug-likeness (QED) is 0.941. The van der Waals surface area contributed by atoms with Gasteiger partial charge in [0.25, 0.3) is 0 Å². The molecule has 3 heteroatoms. The minimum Gasteiger partial charge on any atom is -0.340 e. The van der Waals surface area contributed by atoms with Crippen molar-refractivity contribution in [3.63, 3.8) is 0 Å². The van der Waals surface area contributed by atoms with Gasteiger partial charge in [-0.2, -0.15) is 0 Å². The summed E-state index contributed by atoms with van der Waals surface area (Å²) in [5.74, 6) is -0.0179. The Morgan fingerprint density at radius 3 is 2.38 bits per heavy atom. The summed E-state index contributed by atoms with van der Waals surface area (Å²) in [6.45, 7) is 6.53. The Balaban J connectivity index is 2.14. The molecule has 1 atom stereocenters. The fraction of sp³-hybridized carbons (Fsp3) is 0.389. The van der Waals surface area contributed by atoms with Gasteiger partial charge in [-0.1, -0.05) is 57.2 Å². The van der Waals surface area contributed by atoms with Crippen LogP contribution in [0, 0.1) is 5.41 Å². The fourth-order valence-corrected chi connectivity index (χ4v) is 2.30. The molecule has 0 spiro atoms. The summed E-state index contributed by atoms with van der Waals surface area (Å²) in [6.07, 6.45) is 0. The molecule has 2 aromatic carbocycles. The SMILES string of the molecule is CN(Cc1ccc2ccccc2c1)C(=O)[C@@H](N)C(C)(C)C. The molecule has 21 heavy (non-hydrogen) atoms. The number of carbonyl (C=O) groups is 1. The summed E-state index contributed by atoms with van der Waals surface area (Å²) in [4.78, 5) is 14.1. The molecule has 112 valence electrons. The van der Waals surface area contributed by atoms with Gasteiger partial charge in [0, 0.05) is 13.6 Å². The van der Waals surface area contributed by atoms with Crippen LogP contribution in [0.5, 0.6) is 0 Å². The van der Waals surface area contributed by atoms with Gasteiger partial charge in [-0.25, -0.2) is 0 Å². The minimum atomic E-state index is -0.483. The van der Waals surface area contributed by atoms with E-state index < -0.39 is 6.04 Å². The van der Waals surface area contributed by atoms with Gasteiger partial charge >= 0.3 is 0 Å². The number of fused-ring (bicyclic) bond motifs is 1. The molecule has 2 N–H and O–H groups in total. The second kappa shape index (κ2) is 5.86. The molecule has 0 saturated heterocycles. The van der Waals surface area contributed by atoms with Crippen LogP contribution in [-0.2, 0) is 11.3 Å². The van der Waals surface area contributed by atoms with E-state index in [4.69, 9.17) is 5.73 Å². The second-order valence-corrected chi connectivity index (χ2v) is 6.72. The molecule has 0 radical (unpaired) electrons. The largest absolute Gasteiger partial charge is 0.340 e. The van der Waals surface area contributed by atoms with Crippen LogP contribution in [0.2, 0.25) is 0 Å². The lowest BCUT2D eigenvalue weighted by Crippen LogP contribution is -2.48. The molecule has 0 bridgehead atoms. The van der Waals surface area contributed by atoms with Crippen LogP contribution in [0.4, 0.5) is 0 Å². The minimum absolute atomic E-state index is 0.0179. The Hall–Kier alpha value is -1.87. The van der Waals surface area contributed by atoms with Crippen LogP contribution in [0.1, 0.15) is 26.3 Å². The molecule has 2 rings (SSSR count). The third-order valence-electron chi connectivity index (χ3n) is 3.81. The molecule has 0 aliphatic rings. The van der Waals surface area contributed by atoms with Crippen molar-refractivity contribution in [2.45, 2.75) is 33.4 Å². The number of nitrogens with zero attached hydrogens (tertiary/aromatic N) is 1. The summed E-state index contributed by atoms with van der Waals surface area (Å²) < 4.78 is 0. The Bertz CT molecular complexity index is 643. The first-order valence-electron chi connectivity index (χ1n) is 7.27. The second-order valence-electron chi connectivity index (χ2n) is 6.72. The van der Waals surface area contributed by atoms with Crippen molar-refractivity contribution in [3.8, 4) is 0 Å². The molecular weight excluding hydrogens is 260 g/mol. The van der Waals surface area contributed by atoms with E-state index in [0.29, 0.717) is 6.54 Å². The average molecular weight is 284 g/mol. The van der Waals surface area contributed by atoms with Gasteiger partial charge in [-0.15, -0.1) is 0 Å². The first-order valence-corrected chi connectivity index (χ1v) is 7.27. The van der Waals surface area contributed by atoms with E-state index >= 15 is 0 Å². The summed E-state index contributed by atoms with van der Waals surface area (Å²) in [5.41, 5.74) is 6.94. The van der Waals surface area contributed by atoms with Crippen LogP contribution in [0.15, 0.2) is 42.5 Å². The van der Waals surface area contributed by atoms with Gasteiger partial charge in [0.15, 0.2) is 0 Å². The Morgan fingerprint density at radius 2 is 1.76 bits per heavy atom. The maximum atomic E-state index is 12.4. The number of carbonyl (C=O) groups excluding carboxylic acids is 1. The van der Waals surface area contributed by atoms with Gasteiger partial charge in [0.2, 0.25) is 5.91 Å². The first kappa shape index (κ1) is 15.5. The predicted octanol–water partition coefficient (Wildman–Crippen LogP) is 3.17. The van der Waals surface area contributed by atoms with E-state index in [0.717, 1.165) is 5.56 Å². The predicted molar refractivity (Wildman–Crippen MR) is 87.9 cm³/mol. The maximum absolute atomic E-state index is 12.4. The van der Waals surface area contributed by atoms with Crippen molar-refractivity contribution in [2.24, 2.45) is 11.1 Å². The van der Waals surface area contributed by atoms with Crippen molar-refractivity contribution in [2.75, 3.05) is 7.05 Å². The van der Waals surface area contributed by atoms with Crippen LogP contribution >= 0.6 is 0 Å². The van der Waals surface area contributed by atoms with Crippen LogP contribution in [0.3, 0.4) is 0 Å². The molecule has 1 amide bonds. The zero-order valence-corrected chi connectivity index (χ0v) is 13.3. The normalized spacial score (nSPS) is 13.2. The molecule has 3 nitrogen and oxygen atoms in total. The number of likely N-dealkylation sites (N-methyl/N-ethyl adjacent to an activating group) is 1. The number of nitrogens with two attached hydrogens (primary N) is 1. The summed E-state index contributed by atoms with van der Waals surface area (Å²) in [6, 6.07) is 14.0. The maximum Gasteiger partial charge on any atom is 0.240 e. The molecule has 0 fully saturated rings. The Kier molecular flexibility index (Phi) is 4.33. The lowest BCUT2D eigenvalue weighted by molar-refractivity contribution is -0.134. The third-order valence-corrected chi connectivity index (χ3v) is 3.81. The van der Waals surface area contributed by atoms with Gasteiger partial charge in [0.05, 0.1) is 6.04 Å². The zero-order chi connectivity index (χ0) is 15.6. The van der Waals surface area contributed by atoms with Crippen molar-refractivity contribution in [3.05, 3.63) is 48.0 Å². The summed E-state index contributed by atoms with van der Waals surface area (Å²) in [7, 11) is 1.81. The highest BCUT2D eigenvalue weighted by molar-refractivity contribution is 5.84. The van der Waals surface area contributed by atoms with Gasteiger partial charge < -0.3 is 10.6 Å². The lowest BCUT2D eigenvalue weighted by atomic mass is 9.86. The molecule has 0 unspecified atom stereocenters. The first-order chi connectivity index (χ1) is 9.79. The summed E-state index contributed by atoms with van der Waals surface area (Å²) in [5, 5.41) is 2.40. The zero-order valence-electron chi connectivity index (χ0n) is 13.3. The van der Waals surface area contributed by atoms with Crippen LogP contribution in [-0.4, -0.2) is 23.9 Å². The smallest absolute Gasteiger partial charge is 0.240 e. The lowest BCUT2D eigenvalue weighted by Gasteiger charge is -2.30. The molecule has 0 aliphatic heterocycles. The van der Waals surface area contributed by atoms with Crippen LogP contribution in [0.25, 0.3) is 10.8 Å². The van der Waals surface area contributed by atoms with E-state index in [2.05, 4.69) is 30.3 Å². The number of benzene rings is 2. The topological polar surface area (TPSA) is 46.3 Å². The number of rotatable bonds is 3. The Morgan fingerprint density at radius 1 is 1.14 bits per heavy atom. The highest BCUT2D eigenvalue weighted by Gasteiger charge is 2.29. The van der Waals surface area contributed by atoms with Crippen molar-refractivity contribution >= 4 is 16.7 Å². The van der Waals surface area contributed by atoms with E-state index in [1.807, 2.05) is 40.0 Å². The fourth-order valence-electron chi connectivity index (χ4n) is 2.30. The van der Waals surface area contributed by atoms with Crippen molar-refractivity contribution < 1.29 is 4.79 Å². The van der Waals surface area contributed by atoms with E-state index in [-0.39, 0.29) is 11.3 Å². The monoisotopic (exact) mass is 284 g/mol. The number of hydrogen-bond acceptors (Lipinski definition) is 2. The standard InChI is InChI=1S/C18H24N2O/c1-18(2,3)16(19)17(21)20(4)12-13-9-10-14-7-5-6-8-15(14)11-13/h5-11,16H,12,19H2,1-4H3/t16-/m1/s1. The Labute approximate surface area is 126 Å². The highest BCUT2D eigenvalue weighted by Crippen LogP contribution is 2.20. The van der Waals surface area contributed by atoms with Crippen LogP contribution < -0.4 is 5.73 Å². The van der Waals surface area contributed by atoms with Gasteiger partial charge in [-0.05, 0) is 27.8 Å². The number of amides is 1. The van der Waals surface area contributed by atoms with Gasteiger partial charge in [-0.3, -0.25) is 4.79 Å². The van der Waals surface area contributed by atoms with E-state index in [1.54, 1.807) is 4.90 Å². The molecular formula is C18H24N2O. The summed E-state index contributed by atoms with van der Waals surface area (Å²) >= 11 is 0. The molecule has 0 heterocycles. The molecule has 0 aromatic heterocycles. The van der Waals surface area contributed by atoms with E-state index in [1.165, 1.54) is 10.8 Å². The highest BCUT2D eigenvalue weighted by atomic mass is 16.2. The average Bonchev–Trinajstić information content (AvgIpc) is 2.44. The van der Waals surface area contributed by atoms with Crippen molar-refractivity contribution in [1.29, 1.82) is 0 Å².